The van der Waals surface area contributed by atoms with Crippen LogP contribution in [0.25, 0.3) is 0 Å². The lowest BCUT2D eigenvalue weighted by atomic mass is 10.3. The highest BCUT2D eigenvalue weighted by atomic mass is 35.5. The number of benzene rings is 3. The van der Waals surface area contributed by atoms with Crippen molar-refractivity contribution in [1.82, 2.24) is 0 Å². The SMILES string of the molecule is COc1ccc(OC)c(NS(=O)(=O)c2ccc(NC(=O)CN(c3ccc(Cl)cc3)S(C)(=O)=O)cc2)c1. The topological polar surface area (TPSA) is 131 Å². The van der Waals surface area contributed by atoms with E-state index in [4.69, 9.17) is 21.1 Å². The molecule has 0 heterocycles. The number of nitrogens with zero attached hydrogens (tertiary/aromatic N) is 1. The van der Waals surface area contributed by atoms with Crippen molar-refractivity contribution >= 4 is 54.6 Å². The second-order valence-electron chi connectivity index (χ2n) is 7.49. The molecule has 0 unspecified atom stereocenters. The lowest BCUT2D eigenvalue weighted by Gasteiger charge is -2.22. The molecule has 1 amide bonds. The smallest absolute Gasteiger partial charge is 0.262 e. The fourth-order valence-electron chi connectivity index (χ4n) is 3.15. The van der Waals surface area contributed by atoms with Gasteiger partial charge in [0.2, 0.25) is 15.9 Å². The second kappa shape index (κ2) is 11.1. The van der Waals surface area contributed by atoms with Crippen molar-refractivity contribution in [2.24, 2.45) is 0 Å². The molecule has 192 valence electrons. The zero-order valence-corrected chi connectivity index (χ0v) is 21.9. The summed E-state index contributed by atoms with van der Waals surface area (Å²) in [7, 11) is -4.89. The van der Waals surface area contributed by atoms with Crippen molar-refractivity contribution in [2.75, 3.05) is 41.4 Å². The van der Waals surface area contributed by atoms with Crippen LogP contribution in [0.5, 0.6) is 11.5 Å². The predicted octanol–water partition coefficient (Wildman–Crippen LogP) is 3.56. The van der Waals surface area contributed by atoms with Crippen LogP contribution in [0.4, 0.5) is 17.1 Å². The van der Waals surface area contributed by atoms with Crippen LogP contribution < -0.4 is 23.8 Å². The Morgan fingerprint density at radius 2 is 1.56 bits per heavy atom. The summed E-state index contributed by atoms with van der Waals surface area (Å²) < 4.78 is 63.9. The van der Waals surface area contributed by atoms with Gasteiger partial charge in [-0.2, -0.15) is 0 Å². The highest BCUT2D eigenvalue weighted by Gasteiger charge is 2.22. The first-order valence-corrected chi connectivity index (χ1v) is 14.0. The lowest BCUT2D eigenvalue weighted by molar-refractivity contribution is -0.114. The maximum absolute atomic E-state index is 12.9. The molecule has 0 aliphatic carbocycles. The van der Waals surface area contributed by atoms with Crippen LogP contribution in [0.1, 0.15) is 0 Å². The zero-order valence-electron chi connectivity index (χ0n) is 19.6. The Balaban J connectivity index is 1.73. The Labute approximate surface area is 214 Å². The molecular weight excluding hydrogens is 530 g/mol. The first-order valence-electron chi connectivity index (χ1n) is 10.3. The predicted molar refractivity (Wildman–Crippen MR) is 139 cm³/mol. The molecule has 0 spiro atoms. The number of ether oxygens (including phenoxy) is 2. The van der Waals surface area contributed by atoms with Crippen LogP contribution >= 0.6 is 11.6 Å². The first kappa shape index (κ1) is 27.1. The molecular formula is C23H24ClN3O7S2. The Kier molecular flexibility index (Phi) is 8.33. The molecule has 0 saturated carbocycles. The maximum Gasteiger partial charge on any atom is 0.262 e. The third-order valence-corrected chi connectivity index (χ3v) is 7.68. The molecule has 3 aromatic carbocycles. The second-order valence-corrected chi connectivity index (χ2v) is 11.5. The summed E-state index contributed by atoms with van der Waals surface area (Å²) in [6, 6.07) is 16.1. The van der Waals surface area contributed by atoms with Crippen molar-refractivity contribution in [1.29, 1.82) is 0 Å². The normalized spacial score (nSPS) is 11.4. The van der Waals surface area contributed by atoms with Crippen molar-refractivity contribution in [3.63, 3.8) is 0 Å². The molecule has 0 radical (unpaired) electrons. The lowest BCUT2D eigenvalue weighted by Crippen LogP contribution is -2.37. The molecule has 0 bridgehead atoms. The van der Waals surface area contributed by atoms with Crippen molar-refractivity contribution in [3.8, 4) is 11.5 Å². The Morgan fingerprint density at radius 1 is 0.917 bits per heavy atom. The summed E-state index contributed by atoms with van der Waals surface area (Å²) in [5.41, 5.74) is 0.747. The number of hydrogen-bond donors (Lipinski definition) is 2. The zero-order chi connectivity index (χ0) is 26.5. The average molecular weight is 554 g/mol. The molecule has 0 aliphatic rings. The van der Waals surface area contributed by atoms with E-state index >= 15 is 0 Å². The molecule has 3 aromatic rings. The number of sulfonamides is 2. The van der Waals surface area contributed by atoms with Gasteiger partial charge in [-0.15, -0.1) is 0 Å². The number of amides is 1. The maximum atomic E-state index is 12.9. The number of hydrogen-bond acceptors (Lipinski definition) is 7. The molecule has 0 saturated heterocycles. The molecule has 13 heteroatoms. The van der Waals surface area contributed by atoms with Crippen LogP contribution in [-0.2, 0) is 24.8 Å². The summed E-state index contributed by atoms with van der Waals surface area (Å²) in [5, 5.41) is 2.99. The van der Waals surface area contributed by atoms with Gasteiger partial charge in [0.1, 0.15) is 18.0 Å². The van der Waals surface area contributed by atoms with Crippen molar-refractivity contribution < 1.29 is 31.1 Å². The Morgan fingerprint density at radius 3 is 2.11 bits per heavy atom. The van der Waals surface area contributed by atoms with Crippen molar-refractivity contribution in [2.45, 2.75) is 4.90 Å². The van der Waals surface area contributed by atoms with Crippen LogP contribution in [0, 0.1) is 0 Å². The molecule has 2 N–H and O–H groups in total. The number of halogens is 1. The molecule has 10 nitrogen and oxygen atoms in total. The largest absolute Gasteiger partial charge is 0.497 e. The average Bonchev–Trinajstić information content (AvgIpc) is 2.82. The van der Waals surface area contributed by atoms with Gasteiger partial charge in [0.25, 0.3) is 10.0 Å². The standard InChI is InChI=1S/C23H24ClN3O7S2/c1-33-19-10-13-22(34-2)21(14-19)26-36(31,32)20-11-6-17(7-12-20)25-23(28)15-27(35(3,29)30)18-8-4-16(24)5-9-18/h4-14,26H,15H2,1-3H3,(H,25,28). The highest BCUT2D eigenvalue weighted by Crippen LogP contribution is 2.31. The number of anilines is 3. The van der Waals surface area contributed by atoms with E-state index in [9.17, 15) is 21.6 Å². The third-order valence-electron chi connectivity index (χ3n) is 4.90. The van der Waals surface area contributed by atoms with E-state index in [0.717, 1.165) is 10.6 Å². The van der Waals surface area contributed by atoms with E-state index in [1.807, 2.05) is 0 Å². The summed E-state index contributed by atoms with van der Waals surface area (Å²) >= 11 is 5.86. The van der Waals surface area contributed by atoms with Gasteiger partial charge in [-0.05, 0) is 60.7 Å². The third kappa shape index (κ3) is 6.80. The fourth-order valence-corrected chi connectivity index (χ4v) is 5.20. The first-order chi connectivity index (χ1) is 16.9. The summed E-state index contributed by atoms with van der Waals surface area (Å²) in [5.74, 6) is 0.123. The highest BCUT2D eigenvalue weighted by molar-refractivity contribution is 7.92. The van der Waals surface area contributed by atoms with Crippen molar-refractivity contribution in [3.05, 3.63) is 71.8 Å². The van der Waals surface area contributed by atoms with E-state index in [1.54, 1.807) is 12.1 Å². The summed E-state index contributed by atoms with van der Waals surface area (Å²) in [6.45, 7) is -0.488. The molecule has 36 heavy (non-hydrogen) atoms. The van der Waals surface area contributed by atoms with Gasteiger partial charge in [0.05, 0.1) is 36.7 Å². The Bertz CT molecular complexity index is 1440. The summed E-state index contributed by atoms with van der Waals surface area (Å²) in [6.07, 6.45) is 0.985. The van der Waals surface area contributed by atoms with E-state index in [0.29, 0.717) is 16.5 Å². The van der Waals surface area contributed by atoms with E-state index in [1.165, 1.54) is 68.8 Å². The number of carbonyl (C=O) groups excluding carboxylic acids is 1. The minimum Gasteiger partial charge on any atom is -0.497 e. The number of methoxy groups -OCH3 is 2. The van der Waals surface area contributed by atoms with Gasteiger partial charge in [0, 0.05) is 16.8 Å². The minimum absolute atomic E-state index is 0.0655. The van der Waals surface area contributed by atoms with E-state index in [-0.39, 0.29) is 22.0 Å². The Hall–Kier alpha value is -3.48. The van der Waals surface area contributed by atoms with Crippen LogP contribution in [-0.4, -0.2) is 49.8 Å². The quantitative estimate of drug-likeness (QED) is 0.392. The molecule has 0 atom stereocenters. The van der Waals surface area contributed by atoms with E-state index < -0.39 is 32.5 Å². The van der Waals surface area contributed by atoms with E-state index in [2.05, 4.69) is 10.0 Å². The number of rotatable bonds is 10. The van der Waals surface area contributed by atoms with Gasteiger partial charge >= 0.3 is 0 Å². The summed E-state index contributed by atoms with van der Waals surface area (Å²) in [4.78, 5) is 12.5. The minimum atomic E-state index is -3.99. The number of nitrogens with one attached hydrogen (secondary N) is 2. The number of carbonyl (C=O) groups is 1. The molecule has 0 fully saturated rings. The van der Waals surface area contributed by atoms with Gasteiger partial charge < -0.3 is 14.8 Å². The van der Waals surface area contributed by atoms with Gasteiger partial charge in [0.15, 0.2) is 0 Å². The van der Waals surface area contributed by atoms with Gasteiger partial charge in [-0.1, -0.05) is 11.6 Å². The molecule has 3 rings (SSSR count). The van der Waals surface area contributed by atoms with Crippen LogP contribution in [0.15, 0.2) is 71.6 Å². The van der Waals surface area contributed by atoms with Crippen LogP contribution in [0.2, 0.25) is 5.02 Å². The van der Waals surface area contributed by atoms with Gasteiger partial charge in [-0.3, -0.25) is 13.8 Å². The monoisotopic (exact) mass is 553 g/mol. The molecule has 0 aromatic heterocycles. The van der Waals surface area contributed by atoms with Crippen LogP contribution in [0.3, 0.4) is 0 Å². The molecule has 0 aliphatic heterocycles. The van der Waals surface area contributed by atoms with Gasteiger partial charge in [-0.25, -0.2) is 16.8 Å². The fraction of sp³-hybridized carbons (Fsp3) is 0.174.